The van der Waals surface area contributed by atoms with Crippen molar-refractivity contribution in [3.63, 3.8) is 0 Å². The van der Waals surface area contributed by atoms with Gasteiger partial charge in [0.25, 0.3) is 0 Å². The molecule has 0 saturated carbocycles. The highest BCUT2D eigenvalue weighted by molar-refractivity contribution is 5.86. The summed E-state index contributed by atoms with van der Waals surface area (Å²) in [5, 5.41) is 21.3. The third-order valence-electron chi connectivity index (χ3n) is 3.60. The number of aliphatic carboxylic acids is 1. The van der Waals surface area contributed by atoms with E-state index in [9.17, 15) is 19.8 Å². The topological polar surface area (TPSA) is 148 Å². The van der Waals surface area contributed by atoms with E-state index in [0.29, 0.717) is 24.9 Å². The monoisotopic (exact) mass is 339 g/mol. The van der Waals surface area contributed by atoms with Gasteiger partial charge in [0.05, 0.1) is 13.2 Å². The molecule has 0 heterocycles. The number of amides is 1. The molecule has 1 aromatic rings. The maximum atomic E-state index is 12.0. The fraction of sp³-hybridized carbons (Fsp3) is 0.500. The number of carbonyl (C=O) groups is 2. The number of carboxylic acids is 1. The number of rotatable bonds is 10. The lowest BCUT2D eigenvalue weighted by Crippen LogP contribution is -2.49. The molecule has 0 saturated heterocycles. The maximum Gasteiger partial charge on any atom is 0.326 e. The smallest absolute Gasteiger partial charge is 0.326 e. The van der Waals surface area contributed by atoms with E-state index in [0.717, 1.165) is 6.42 Å². The molecule has 0 radical (unpaired) electrons. The first-order valence-electron chi connectivity index (χ1n) is 7.73. The van der Waals surface area contributed by atoms with Crippen molar-refractivity contribution < 1.29 is 24.5 Å². The Bertz CT molecular complexity index is 565. The van der Waals surface area contributed by atoms with E-state index in [1.54, 1.807) is 6.07 Å². The minimum Gasteiger partial charge on any atom is -0.504 e. The molecule has 0 aliphatic heterocycles. The van der Waals surface area contributed by atoms with Crippen LogP contribution in [0.4, 0.5) is 0 Å². The number of benzene rings is 1. The van der Waals surface area contributed by atoms with Crippen molar-refractivity contribution in [1.29, 1.82) is 0 Å². The molecule has 0 unspecified atom stereocenters. The average Bonchev–Trinajstić information content (AvgIpc) is 2.55. The van der Waals surface area contributed by atoms with Gasteiger partial charge in [-0.3, -0.25) is 4.79 Å². The van der Waals surface area contributed by atoms with Gasteiger partial charge in [0.1, 0.15) is 6.04 Å². The van der Waals surface area contributed by atoms with E-state index in [2.05, 4.69) is 5.32 Å². The SMILES string of the molecule is COc1cc(C[C@H](NC(=O)[C@@H](N)CCCCN)C(=O)O)ccc1O. The second-order valence-corrected chi connectivity index (χ2v) is 5.50. The van der Waals surface area contributed by atoms with Crippen LogP contribution in [-0.2, 0) is 16.0 Å². The lowest BCUT2D eigenvalue weighted by Gasteiger charge is -2.18. The Morgan fingerprint density at radius 3 is 2.62 bits per heavy atom. The zero-order chi connectivity index (χ0) is 18.1. The van der Waals surface area contributed by atoms with Crippen LogP contribution in [-0.4, -0.2) is 47.8 Å². The van der Waals surface area contributed by atoms with Gasteiger partial charge < -0.3 is 31.7 Å². The third-order valence-corrected chi connectivity index (χ3v) is 3.60. The Morgan fingerprint density at radius 1 is 1.33 bits per heavy atom. The first-order valence-corrected chi connectivity index (χ1v) is 7.73. The minimum absolute atomic E-state index is 0.0425. The summed E-state index contributed by atoms with van der Waals surface area (Å²) >= 11 is 0. The van der Waals surface area contributed by atoms with Crippen molar-refractivity contribution in [3.05, 3.63) is 23.8 Å². The van der Waals surface area contributed by atoms with Gasteiger partial charge in [-0.05, 0) is 37.1 Å². The van der Waals surface area contributed by atoms with Crippen molar-refractivity contribution in [2.75, 3.05) is 13.7 Å². The van der Waals surface area contributed by atoms with Crippen molar-refractivity contribution >= 4 is 11.9 Å². The summed E-state index contributed by atoms with van der Waals surface area (Å²) in [6, 6.07) is 2.62. The van der Waals surface area contributed by atoms with Crippen molar-refractivity contribution in [2.45, 2.75) is 37.8 Å². The van der Waals surface area contributed by atoms with Gasteiger partial charge in [-0.1, -0.05) is 12.5 Å². The Hall–Kier alpha value is -2.32. The van der Waals surface area contributed by atoms with Crippen molar-refractivity contribution in [3.8, 4) is 11.5 Å². The predicted octanol–water partition coefficient (Wildman–Crippen LogP) is -0.0310. The Morgan fingerprint density at radius 2 is 2.04 bits per heavy atom. The lowest BCUT2D eigenvalue weighted by molar-refractivity contribution is -0.142. The molecule has 0 aromatic heterocycles. The molecule has 0 spiro atoms. The molecule has 0 bridgehead atoms. The van der Waals surface area contributed by atoms with Crippen LogP contribution in [0.25, 0.3) is 0 Å². The van der Waals surface area contributed by atoms with Crippen LogP contribution >= 0.6 is 0 Å². The Balaban J connectivity index is 2.70. The predicted molar refractivity (Wildman–Crippen MR) is 88.8 cm³/mol. The van der Waals surface area contributed by atoms with Gasteiger partial charge in [0.15, 0.2) is 11.5 Å². The zero-order valence-electron chi connectivity index (χ0n) is 13.7. The number of phenols is 1. The van der Waals surface area contributed by atoms with Crippen LogP contribution in [0.3, 0.4) is 0 Å². The molecular formula is C16H25N3O5. The third kappa shape index (κ3) is 6.05. The molecule has 1 rings (SSSR count). The largest absolute Gasteiger partial charge is 0.504 e. The molecule has 8 nitrogen and oxygen atoms in total. The fourth-order valence-corrected chi connectivity index (χ4v) is 2.20. The zero-order valence-corrected chi connectivity index (χ0v) is 13.7. The summed E-state index contributed by atoms with van der Waals surface area (Å²) < 4.78 is 4.99. The molecule has 0 aliphatic rings. The molecular weight excluding hydrogens is 314 g/mol. The van der Waals surface area contributed by atoms with E-state index in [1.807, 2.05) is 0 Å². The van der Waals surface area contributed by atoms with E-state index in [4.69, 9.17) is 16.2 Å². The molecule has 24 heavy (non-hydrogen) atoms. The van der Waals surface area contributed by atoms with Crippen LogP contribution in [0, 0.1) is 0 Å². The molecule has 0 fully saturated rings. The molecule has 134 valence electrons. The molecule has 1 amide bonds. The summed E-state index contributed by atoms with van der Waals surface area (Å²) in [5.41, 5.74) is 11.8. The summed E-state index contributed by atoms with van der Waals surface area (Å²) in [7, 11) is 1.40. The number of carboxylic acid groups (broad SMARTS) is 1. The van der Waals surface area contributed by atoms with Gasteiger partial charge in [-0.15, -0.1) is 0 Å². The molecule has 2 atom stereocenters. The second-order valence-electron chi connectivity index (χ2n) is 5.50. The van der Waals surface area contributed by atoms with E-state index in [-0.39, 0.29) is 17.9 Å². The highest BCUT2D eigenvalue weighted by Gasteiger charge is 2.23. The number of nitrogens with two attached hydrogens (primary N) is 2. The lowest BCUT2D eigenvalue weighted by atomic mass is 10.0. The van der Waals surface area contributed by atoms with Gasteiger partial charge in [-0.25, -0.2) is 4.79 Å². The van der Waals surface area contributed by atoms with Gasteiger partial charge in [-0.2, -0.15) is 0 Å². The molecule has 8 heteroatoms. The van der Waals surface area contributed by atoms with Crippen LogP contribution in [0.1, 0.15) is 24.8 Å². The average molecular weight is 339 g/mol. The number of carbonyl (C=O) groups excluding carboxylic acids is 1. The van der Waals surface area contributed by atoms with Crippen molar-refractivity contribution in [2.24, 2.45) is 11.5 Å². The number of hydrogen-bond donors (Lipinski definition) is 5. The quantitative estimate of drug-likeness (QED) is 0.376. The van der Waals surface area contributed by atoms with E-state index >= 15 is 0 Å². The van der Waals surface area contributed by atoms with Crippen molar-refractivity contribution in [1.82, 2.24) is 5.32 Å². The van der Waals surface area contributed by atoms with E-state index < -0.39 is 24.0 Å². The summed E-state index contributed by atoms with van der Waals surface area (Å²) in [6.07, 6.45) is 1.96. The number of hydrogen-bond acceptors (Lipinski definition) is 6. The van der Waals surface area contributed by atoms with Crippen LogP contribution < -0.4 is 21.5 Å². The van der Waals surface area contributed by atoms with Gasteiger partial charge in [0, 0.05) is 6.42 Å². The highest BCUT2D eigenvalue weighted by atomic mass is 16.5. The molecule has 1 aromatic carbocycles. The summed E-state index contributed by atoms with van der Waals surface area (Å²) in [5.74, 6) is -1.48. The first kappa shape index (κ1) is 19.7. The summed E-state index contributed by atoms with van der Waals surface area (Å²) in [4.78, 5) is 23.4. The number of nitrogens with one attached hydrogen (secondary N) is 1. The molecule has 0 aliphatic carbocycles. The van der Waals surface area contributed by atoms with E-state index in [1.165, 1.54) is 19.2 Å². The van der Waals surface area contributed by atoms with Gasteiger partial charge >= 0.3 is 5.97 Å². The molecule has 7 N–H and O–H groups in total. The number of methoxy groups -OCH3 is 1. The first-order chi connectivity index (χ1) is 11.4. The normalized spacial score (nSPS) is 13.1. The fourth-order valence-electron chi connectivity index (χ4n) is 2.20. The number of phenolic OH excluding ortho intramolecular Hbond substituents is 1. The summed E-state index contributed by atoms with van der Waals surface area (Å²) in [6.45, 7) is 0.523. The van der Waals surface area contributed by atoms with Gasteiger partial charge in [0.2, 0.25) is 5.91 Å². The van der Waals surface area contributed by atoms with Crippen LogP contribution in [0.15, 0.2) is 18.2 Å². The highest BCUT2D eigenvalue weighted by Crippen LogP contribution is 2.26. The number of ether oxygens (including phenoxy) is 1. The Kier molecular flexibility index (Phi) is 8.00. The Labute approximate surface area is 140 Å². The second kappa shape index (κ2) is 9.74. The minimum atomic E-state index is -1.16. The number of unbranched alkanes of at least 4 members (excludes halogenated alkanes) is 1. The number of aromatic hydroxyl groups is 1. The standard InChI is InChI=1S/C16H25N3O5/c1-24-14-9-10(5-6-13(14)20)8-12(16(22)23)19-15(21)11(18)4-2-3-7-17/h5-6,9,11-12,20H,2-4,7-8,17-18H2,1H3,(H,19,21)(H,22,23)/t11-,12-/m0/s1. The van der Waals surface area contributed by atoms with Crippen LogP contribution in [0.2, 0.25) is 0 Å². The maximum absolute atomic E-state index is 12.0. The van der Waals surface area contributed by atoms with Crippen LogP contribution in [0.5, 0.6) is 11.5 Å².